The average molecular weight is 268 g/mol. The molecule has 2 N–H and O–H groups in total. The number of nitrogens with one attached hydrogen (secondary N) is 2. The van der Waals surface area contributed by atoms with E-state index < -0.39 is 11.6 Å². The Morgan fingerprint density at radius 1 is 1.47 bits per heavy atom. The lowest BCUT2D eigenvalue weighted by atomic mass is 9.95. The van der Waals surface area contributed by atoms with Gasteiger partial charge in [-0.15, -0.1) is 0 Å². The van der Waals surface area contributed by atoms with Crippen LogP contribution in [0.3, 0.4) is 0 Å². The number of benzene rings is 1. The van der Waals surface area contributed by atoms with Gasteiger partial charge in [0.05, 0.1) is 6.42 Å². The summed E-state index contributed by atoms with van der Waals surface area (Å²) < 4.78 is 26.5. The van der Waals surface area contributed by atoms with E-state index in [0.29, 0.717) is 5.92 Å². The van der Waals surface area contributed by atoms with Crippen LogP contribution in [0.4, 0.5) is 8.78 Å². The van der Waals surface area contributed by atoms with Crippen LogP contribution >= 0.6 is 0 Å². The second kappa shape index (κ2) is 6.10. The SMILES string of the molecule is CC1CNCCC1NC(=O)Cc1cccc(F)c1F. The van der Waals surface area contributed by atoms with Gasteiger partial charge in [0.2, 0.25) is 5.91 Å². The van der Waals surface area contributed by atoms with Gasteiger partial charge in [-0.2, -0.15) is 0 Å². The minimum Gasteiger partial charge on any atom is -0.353 e. The molecule has 0 aromatic heterocycles. The molecular weight excluding hydrogens is 250 g/mol. The zero-order valence-corrected chi connectivity index (χ0v) is 10.9. The monoisotopic (exact) mass is 268 g/mol. The number of carbonyl (C=O) groups is 1. The van der Waals surface area contributed by atoms with Crippen molar-refractivity contribution in [1.82, 2.24) is 10.6 Å². The van der Waals surface area contributed by atoms with Crippen molar-refractivity contribution in [2.45, 2.75) is 25.8 Å². The van der Waals surface area contributed by atoms with Gasteiger partial charge in [0.25, 0.3) is 0 Å². The molecule has 3 nitrogen and oxygen atoms in total. The van der Waals surface area contributed by atoms with Gasteiger partial charge >= 0.3 is 0 Å². The lowest BCUT2D eigenvalue weighted by Crippen LogP contribution is -2.48. The summed E-state index contributed by atoms with van der Waals surface area (Å²) in [7, 11) is 0. The molecule has 19 heavy (non-hydrogen) atoms. The molecule has 0 spiro atoms. The number of carbonyl (C=O) groups excluding carboxylic acids is 1. The van der Waals surface area contributed by atoms with E-state index in [4.69, 9.17) is 0 Å². The molecule has 5 heteroatoms. The summed E-state index contributed by atoms with van der Waals surface area (Å²) in [5.74, 6) is -1.77. The van der Waals surface area contributed by atoms with Gasteiger partial charge in [0, 0.05) is 11.6 Å². The maximum atomic E-state index is 13.5. The summed E-state index contributed by atoms with van der Waals surface area (Å²) in [6, 6.07) is 3.99. The van der Waals surface area contributed by atoms with Gasteiger partial charge in [0.15, 0.2) is 11.6 Å². The summed E-state index contributed by atoms with van der Waals surface area (Å²) in [5.41, 5.74) is 0.0964. The molecule has 104 valence electrons. The van der Waals surface area contributed by atoms with E-state index in [-0.39, 0.29) is 23.9 Å². The first-order valence-corrected chi connectivity index (χ1v) is 6.51. The third-order valence-corrected chi connectivity index (χ3v) is 3.51. The molecule has 0 saturated carbocycles. The maximum Gasteiger partial charge on any atom is 0.224 e. The highest BCUT2D eigenvalue weighted by molar-refractivity contribution is 5.79. The van der Waals surface area contributed by atoms with Crippen molar-refractivity contribution in [3.8, 4) is 0 Å². The Bertz CT molecular complexity index is 465. The van der Waals surface area contributed by atoms with Gasteiger partial charge in [0.1, 0.15) is 0 Å². The zero-order valence-electron chi connectivity index (χ0n) is 10.9. The molecule has 0 radical (unpaired) electrons. The van der Waals surface area contributed by atoms with Crippen molar-refractivity contribution in [1.29, 1.82) is 0 Å². The van der Waals surface area contributed by atoms with Crippen LogP contribution in [-0.2, 0) is 11.2 Å². The van der Waals surface area contributed by atoms with Gasteiger partial charge in [-0.3, -0.25) is 4.79 Å². The molecule has 1 saturated heterocycles. The normalized spacial score (nSPS) is 23.1. The zero-order chi connectivity index (χ0) is 13.8. The fourth-order valence-electron chi connectivity index (χ4n) is 2.34. The van der Waals surface area contributed by atoms with Crippen LogP contribution < -0.4 is 10.6 Å². The lowest BCUT2D eigenvalue weighted by Gasteiger charge is -2.30. The highest BCUT2D eigenvalue weighted by Crippen LogP contribution is 2.13. The van der Waals surface area contributed by atoms with Crippen molar-refractivity contribution < 1.29 is 13.6 Å². The van der Waals surface area contributed by atoms with Crippen LogP contribution in [0.2, 0.25) is 0 Å². The van der Waals surface area contributed by atoms with Crippen molar-refractivity contribution in [2.75, 3.05) is 13.1 Å². The summed E-state index contributed by atoms with van der Waals surface area (Å²) >= 11 is 0. The molecule has 2 rings (SSSR count). The Labute approximate surface area is 111 Å². The number of halogens is 2. The Kier molecular flexibility index (Phi) is 4.47. The van der Waals surface area contributed by atoms with E-state index >= 15 is 0 Å². The molecule has 2 atom stereocenters. The summed E-state index contributed by atoms with van der Waals surface area (Å²) in [4.78, 5) is 11.9. The van der Waals surface area contributed by atoms with Crippen LogP contribution in [0, 0.1) is 17.6 Å². The first-order valence-electron chi connectivity index (χ1n) is 6.51. The van der Waals surface area contributed by atoms with Gasteiger partial charge in [-0.1, -0.05) is 19.1 Å². The van der Waals surface area contributed by atoms with Gasteiger partial charge in [-0.25, -0.2) is 8.78 Å². The third-order valence-electron chi connectivity index (χ3n) is 3.51. The van der Waals surface area contributed by atoms with E-state index in [1.165, 1.54) is 12.1 Å². The largest absolute Gasteiger partial charge is 0.353 e. The predicted octanol–water partition coefficient (Wildman–Crippen LogP) is 1.62. The minimum atomic E-state index is -0.934. The van der Waals surface area contributed by atoms with Crippen LogP contribution in [0.1, 0.15) is 18.9 Å². The average Bonchev–Trinajstić information content (AvgIpc) is 2.38. The molecule has 1 aliphatic rings. The Balaban J connectivity index is 1.95. The molecular formula is C14H18F2N2O. The van der Waals surface area contributed by atoms with Crippen LogP contribution in [0.25, 0.3) is 0 Å². The van der Waals surface area contributed by atoms with E-state index in [0.717, 1.165) is 25.6 Å². The van der Waals surface area contributed by atoms with E-state index in [2.05, 4.69) is 17.6 Å². The second-order valence-electron chi connectivity index (χ2n) is 5.03. The number of rotatable bonds is 3. The predicted molar refractivity (Wildman–Crippen MR) is 68.6 cm³/mol. The highest BCUT2D eigenvalue weighted by Gasteiger charge is 2.23. The lowest BCUT2D eigenvalue weighted by molar-refractivity contribution is -0.121. The van der Waals surface area contributed by atoms with Crippen molar-refractivity contribution >= 4 is 5.91 Å². The molecule has 2 unspecified atom stereocenters. The van der Waals surface area contributed by atoms with E-state index in [9.17, 15) is 13.6 Å². The van der Waals surface area contributed by atoms with Crippen molar-refractivity contribution in [3.05, 3.63) is 35.4 Å². The molecule has 1 amide bonds. The van der Waals surface area contributed by atoms with Crippen molar-refractivity contribution in [2.24, 2.45) is 5.92 Å². The van der Waals surface area contributed by atoms with Crippen molar-refractivity contribution in [3.63, 3.8) is 0 Å². The van der Waals surface area contributed by atoms with Gasteiger partial charge < -0.3 is 10.6 Å². The summed E-state index contributed by atoms with van der Waals surface area (Å²) in [6.45, 7) is 3.78. The second-order valence-corrected chi connectivity index (χ2v) is 5.03. The Hall–Kier alpha value is -1.49. The standard InChI is InChI=1S/C14H18F2N2O/c1-9-8-17-6-5-12(9)18-13(19)7-10-3-2-4-11(15)14(10)16/h2-4,9,12,17H,5-8H2,1H3,(H,18,19). The molecule has 0 aliphatic carbocycles. The molecule has 0 bridgehead atoms. The van der Waals surface area contributed by atoms with Gasteiger partial charge in [-0.05, 0) is 31.5 Å². The topological polar surface area (TPSA) is 41.1 Å². The van der Waals surface area contributed by atoms with E-state index in [1.807, 2.05) is 0 Å². The quantitative estimate of drug-likeness (QED) is 0.874. The number of hydrogen-bond donors (Lipinski definition) is 2. The van der Waals surface area contributed by atoms with E-state index in [1.54, 1.807) is 0 Å². The fourth-order valence-corrected chi connectivity index (χ4v) is 2.34. The molecule has 1 aromatic carbocycles. The minimum absolute atomic E-state index is 0.0964. The Morgan fingerprint density at radius 3 is 3.00 bits per heavy atom. The van der Waals surface area contributed by atoms with Crippen LogP contribution in [0.15, 0.2) is 18.2 Å². The highest BCUT2D eigenvalue weighted by atomic mass is 19.2. The molecule has 1 aromatic rings. The first kappa shape index (κ1) is 13.9. The summed E-state index contributed by atoms with van der Waals surface area (Å²) in [5, 5.41) is 6.14. The number of piperidine rings is 1. The Morgan fingerprint density at radius 2 is 2.26 bits per heavy atom. The summed E-state index contributed by atoms with van der Waals surface area (Å²) in [6.07, 6.45) is 0.735. The molecule has 1 fully saturated rings. The van der Waals surface area contributed by atoms with Crippen LogP contribution in [0.5, 0.6) is 0 Å². The van der Waals surface area contributed by atoms with Crippen LogP contribution in [-0.4, -0.2) is 25.0 Å². The fraction of sp³-hybridized carbons (Fsp3) is 0.500. The molecule has 1 heterocycles. The number of hydrogen-bond acceptors (Lipinski definition) is 2. The number of amides is 1. The maximum absolute atomic E-state index is 13.5. The third kappa shape index (κ3) is 3.50. The molecule has 1 aliphatic heterocycles. The first-order chi connectivity index (χ1) is 9.08. The smallest absolute Gasteiger partial charge is 0.224 e.